The van der Waals surface area contributed by atoms with Crippen molar-refractivity contribution in [1.82, 2.24) is 20.2 Å². The van der Waals surface area contributed by atoms with Gasteiger partial charge in [-0.15, -0.1) is 13.2 Å². The molecule has 0 aliphatic rings. The van der Waals surface area contributed by atoms with E-state index in [4.69, 9.17) is 0 Å². The molecule has 0 aliphatic heterocycles. The Hall–Kier alpha value is -2.50. The van der Waals surface area contributed by atoms with E-state index in [1.165, 1.54) is 18.6 Å². The van der Waals surface area contributed by atoms with Gasteiger partial charge < -0.3 is 10.2 Å². The van der Waals surface area contributed by atoms with Crippen molar-refractivity contribution in [3.63, 3.8) is 0 Å². The summed E-state index contributed by atoms with van der Waals surface area (Å²) in [4.78, 5) is 33.3. The first kappa shape index (κ1) is 15.6. The Kier molecular flexibility index (Phi) is 6.09. The molecule has 1 N–H and O–H groups in total. The molecule has 0 saturated heterocycles. The van der Waals surface area contributed by atoms with Crippen LogP contribution in [-0.2, 0) is 4.79 Å². The second-order valence-electron chi connectivity index (χ2n) is 4.11. The molecule has 6 nitrogen and oxygen atoms in total. The number of amides is 2. The van der Waals surface area contributed by atoms with Gasteiger partial charge in [0.05, 0.1) is 6.20 Å². The number of nitrogens with zero attached hydrogens (tertiary/aromatic N) is 3. The molecule has 2 amide bonds. The third-order valence-corrected chi connectivity index (χ3v) is 2.52. The van der Waals surface area contributed by atoms with Crippen molar-refractivity contribution in [3.8, 4) is 0 Å². The summed E-state index contributed by atoms with van der Waals surface area (Å²) >= 11 is 0. The van der Waals surface area contributed by atoms with E-state index in [0.29, 0.717) is 13.1 Å². The molecular weight excluding hydrogens is 256 g/mol. The molecule has 0 saturated carbocycles. The Morgan fingerprint density at radius 2 is 2.00 bits per heavy atom. The molecule has 1 unspecified atom stereocenters. The van der Waals surface area contributed by atoms with Crippen molar-refractivity contribution >= 4 is 11.8 Å². The molecule has 1 aromatic heterocycles. The van der Waals surface area contributed by atoms with E-state index in [9.17, 15) is 9.59 Å². The average Bonchev–Trinajstić information content (AvgIpc) is 2.47. The Balaban J connectivity index is 2.67. The van der Waals surface area contributed by atoms with E-state index in [2.05, 4.69) is 28.4 Å². The van der Waals surface area contributed by atoms with Gasteiger partial charge in [-0.05, 0) is 6.92 Å². The van der Waals surface area contributed by atoms with Crippen molar-refractivity contribution in [2.45, 2.75) is 13.0 Å². The van der Waals surface area contributed by atoms with Crippen LogP contribution in [0.25, 0.3) is 0 Å². The second kappa shape index (κ2) is 7.83. The normalized spacial score (nSPS) is 11.2. The summed E-state index contributed by atoms with van der Waals surface area (Å²) in [5.41, 5.74) is 0.172. The summed E-state index contributed by atoms with van der Waals surface area (Å²) in [6, 6.07) is -0.663. The van der Waals surface area contributed by atoms with Crippen molar-refractivity contribution in [2.75, 3.05) is 13.1 Å². The van der Waals surface area contributed by atoms with Crippen LogP contribution in [0.2, 0.25) is 0 Å². The molecule has 0 bridgehead atoms. The highest BCUT2D eigenvalue weighted by Gasteiger charge is 2.21. The Bertz CT molecular complexity index is 477. The number of hydrogen-bond acceptors (Lipinski definition) is 4. The van der Waals surface area contributed by atoms with Crippen LogP contribution in [0.15, 0.2) is 43.9 Å². The van der Waals surface area contributed by atoms with Gasteiger partial charge in [0.15, 0.2) is 0 Å². The zero-order valence-corrected chi connectivity index (χ0v) is 11.5. The van der Waals surface area contributed by atoms with Crippen LogP contribution in [0.1, 0.15) is 17.4 Å². The quantitative estimate of drug-likeness (QED) is 0.746. The van der Waals surface area contributed by atoms with Gasteiger partial charge in [0.2, 0.25) is 5.91 Å². The third kappa shape index (κ3) is 4.31. The zero-order valence-electron chi connectivity index (χ0n) is 11.5. The molecular formula is C14H18N4O2. The van der Waals surface area contributed by atoms with Gasteiger partial charge in [0, 0.05) is 25.5 Å². The standard InChI is InChI=1S/C14H18N4O2/c1-4-8-18(9-5-2)14(20)11(3)17-13(19)12-10-15-6-7-16-12/h4-7,10-11H,1-2,8-9H2,3H3,(H,17,19). The van der Waals surface area contributed by atoms with E-state index in [-0.39, 0.29) is 11.6 Å². The van der Waals surface area contributed by atoms with Crippen LogP contribution >= 0.6 is 0 Å². The van der Waals surface area contributed by atoms with Crippen LogP contribution in [-0.4, -0.2) is 45.8 Å². The van der Waals surface area contributed by atoms with Crippen molar-refractivity contribution in [1.29, 1.82) is 0 Å². The predicted molar refractivity (Wildman–Crippen MR) is 75.9 cm³/mol. The van der Waals surface area contributed by atoms with E-state index in [0.717, 1.165) is 0 Å². The minimum Gasteiger partial charge on any atom is -0.339 e. The minimum absolute atomic E-state index is 0.172. The first-order valence-electron chi connectivity index (χ1n) is 6.17. The van der Waals surface area contributed by atoms with Gasteiger partial charge in [-0.3, -0.25) is 14.6 Å². The summed E-state index contributed by atoms with van der Waals surface area (Å²) < 4.78 is 0. The van der Waals surface area contributed by atoms with Gasteiger partial charge in [-0.2, -0.15) is 0 Å². The lowest BCUT2D eigenvalue weighted by Crippen LogP contribution is -2.47. The van der Waals surface area contributed by atoms with Crippen molar-refractivity contribution < 1.29 is 9.59 Å². The lowest BCUT2D eigenvalue weighted by atomic mass is 10.2. The average molecular weight is 274 g/mol. The van der Waals surface area contributed by atoms with E-state index in [1.807, 2.05) is 0 Å². The fraction of sp³-hybridized carbons (Fsp3) is 0.286. The van der Waals surface area contributed by atoms with E-state index < -0.39 is 11.9 Å². The highest BCUT2D eigenvalue weighted by molar-refractivity contribution is 5.95. The second-order valence-corrected chi connectivity index (χ2v) is 4.11. The molecule has 1 rings (SSSR count). The molecule has 0 aliphatic carbocycles. The van der Waals surface area contributed by atoms with Gasteiger partial charge in [-0.25, -0.2) is 4.98 Å². The molecule has 0 fully saturated rings. The first-order chi connectivity index (χ1) is 9.60. The van der Waals surface area contributed by atoms with Gasteiger partial charge in [-0.1, -0.05) is 12.2 Å². The van der Waals surface area contributed by atoms with Gasteiger partial charge >= 0.3 is 0 Å². The topological polar surface area (TPSA) is 75.2 Å². The molecule has 106 valence electrons. The van der Waals surface area contributed by atoms with Gasteiger partial charge in [0.25, 0.3) is 5.91 Å². The minimum atomic E-state index is -0.663. The number of rotatable bonds is 7. The summed E-state index contributed by atoms with van der Waals surface area (Å²) in [5, 5.41) is 2.59. The number of hydrogen-bond donors (Lipinski definition) is 1. The summed E-state index contributed by atoms with van der Waals surface area (Å²) in [5.74, 6) is -0.641. The molecule has 0 aromatic carbocycles. The summed E-state index contributed by atoms with van der Waals surface area (Å²) in [6.45, 7) is 9.62. The largest absolute Gasteiger partial charge is 0.339 e. The molecule has 0 radical (unpaired) electrons. The van der Waals surface area contributed by atoms with Crippen LogP contribution in [0.3, 0.4) is 0 Å². The van der Waals surface area contributed by atoms with Crippen LogP contribution in [0.5, 0.6) is 0 Å². The Labute approximate surface area is 118 Å². The fourth-order valence-corrected chi connectivity index (χ4v) is 1.59. The number of nitrogens with one attached hydrogen (secondary N) is 1. The Morgan fingerprint density at radius 3 is 2.50 bits per heavy atom. The molecule has 6 heteroatoms. The van der Waals surface area contributed by atoms with Crippen LogP contribution in [0.4, 0.5) is 0 Å². The fourth-order valence-electron chi connectivity index (χ4n) is 1.59. The summed E-state index contributed by atoms with van der Waals surface area (Å²) in [7, 11) is 0. The third-order valence-electron chi connectivity index (χ3n) is 2.52. The maximum atomic E-state index is 12.2. The Morgan fingerprint density at radius 1 is 1.35 bits per heavy atom. The first-order valence-corrected chi connectivity index (χ1v) is 6.17. The van der Waals surface area contributed by atoms with Crippen molar-refractivity contribution in [3.05, 3.63) is 49.6 Å². The maximum Gasteiger partial charge on any atom is 0.272 e. The SMILES string of the molecule is C=CCN(CC=C)C(=O)C(C)NC(=O)c1cnccn1. The highest BCUT2D eigenvalue weighted by Crippen LogP contribution is 1.98. The lowest BCUT2D eigenvalue weighted by Gasteiger charge is -2.23. The molecule has 0 spiro atoms. The number of carbonyl (C=O) groups excluding carboxylic acids is 2. The number of carbonyl (C=O) groups is 2. The molecule has 1 heterocycles. The zero-order chi connectivity index (χ0) is 15.0. The maximum absolute atomic E-state index is 12.2. The van der Waals surface area contributed by atoms with Crippen molar-refractivity contribution in [2.24, 2.45) is 0 Å². The predicted octanol–water partition coefficient (Wildman–Crippen LogP) is 0.795. The van der Waals surface area contributed by atoms with E-state index >= 15 is 0 Å². The highest BCUT2D eigenvalue weighted by atomic mass is 16.2. The lowest BCUT2D eigenvalue weighted by molar-refractivity contribution is -0.131. The monoisotopic (exact) mass is 274 g/mol. The number of aromatic nitrogens is 2. The van der Waals surface area contributed by atoms with Crippen LogP contribution in [0, 0.1) is 0 Å². The van der Waals surface area contributed by atoms with Gasteiger partial charge in [0.1, 0.15) is 11.7 Å². The molecule has 1 atom stereocenters. The van der Waals surface area contributed by atoms with Crippen LogP contribution < -0.4 is 5.32 Å². The smallest absolute Gasteiger partial charge is 0.272 e. The van der Waals surface area contributed by atoms with E-state index in [1.54, 1.807) is 24.0 Å². The molecule has 20 heavy (non-hydrogen) atoms. The summed E-state index contributed by atoms with van der Waals surface area (Å²) in [6.07, 6.45) is 7.49. The molecule has 1 aromatic rings.